The van der Waals surface area contributed by atoms with Gasteiger partial charge >= 0.3 is 5.97 Å². The first-order valence-corrected chi connectivity index (χ1v) is 7.14. The van der Waals surface area contributed by atoms with Crippen LogP contribution in [0.5, 0.6) is 5.75 Å². The molecule has 0 N–H and O–H groups in total. The van der Waals surface area contributed by atoms with Gasteiger partial charge in [-0.1, -0.05) is 41.9 Å². The number of benzene rings is 2. The maximum atomic E-state index is 11.1. The summed E-state index contributed by atoms with van der Waals surface area (Å²) in [5.74, 6) is 0.212. The molecule has 0 heterocycles. The molecular weight excluding hydrogens is 362 g/mol. The van der Waals surface area contributed by atoms with Crippen molar-refractivity contribution in [1.29, 1.82) is 0 Å². The molecule has 0 unspecified atom stereocenters. The molecule has 0 spiro atoms. The Labute approximate surface area is 133 Å². The van der Waals surface area contributed by atoms with E-state index in [1.165, 1.54) is 6.92 Å². The summed E-state index contributed by atoms with van der Waals surface area (Å²) in [6.07, 6.45) is 3.81. The first-order valence-electron chi connectivity index (χ1n) is 6.07. The molecule has 0 saturated carbocycles. The smallest absolute Gasteiger partial charge is 0.308 e. The number of ether oxygens (including phenoxy) is 1. The highest BCUT2D eigenvalue weighted by Gasteiger charge is 2.04. The lowest BCUT2D eigenvalue weighted by Crippen LogP contribution is -2.05. The van der Waals surface area contributed by atoms with Crippen LogP contribution in [0.3, 0.4) is 0 Å². The Bertz CT molecular complexity index is 665. The SMILES string of the molecule is [B]c1ccccc1/C=C/c1cc(I)ccc1OC(C)=O. The molecule has 2 aromatic carbocycles. The van der Waals surface area contributed by atoms with Crippen LogP contribution in [0.1, 0.15) is 18.1 Å². The van der Waals surface area contributed by atoms with Gasteiger partial charge in [-0.2, -0.15) is 0 Å². The molecule has 2 radical (unpaired) electrons. The number of rotatable bonds is 3. The van der Waals surface area contributed by atoms with E-state index >= 15 is 0 Å². The summed E-state index contributed by atoms with van der Waals surface area (Å²) in [5.41, 5.74) is 2.49. The Morgan fingerprint density at radius 3 is 2.55 bits per heavy atom. The summed E-state index contributed by atoms with van der Waals surface area (Å²) >= 11 is 2.22. The lowest BCUT2D eigenvalue weighted by atomic mass is 9.90. The first kappa shape index (κ1) is 14.8. The zero-order valence-corrected chi connectivity index (χ0v) is 13.1. The molecular formula is C16H12BIO2. The average molecular weight is 374 g/mol. The fourth-order valence-electron chi connectivity index (χ4n) is 1.74. The summed E-state index contributed by atoms with van der Waals surface area (Å²) in [5, 5.41) is 0. The molecule has 2 rings (SSSR count). The summed E-state index contributed by atoms with van der Waals surface area (Å²) in [6.45, 7) is 1.39. The number of carbonyl (C=O) groups excluding carboxylic acids is 1. The predicted molar refractivity (Wildman–Crippen MR) is 91.2 cm³/mol. The van der Waals surface area contributed by atoms with Gasteiger partial charge in [-0.25, -0.2) is 0 Å². The van der Waals surface area contributed by atoms with Crippen molar-refractivity contribution in [2.75, 3.05) is 0 Å². The summed E-state index contributed by atoms with van der Waals surface area (Å²) in [6, 6.07) is 13.2. The fourth-order valence-corrected chi connectivity index (χ4v) is 2.25. The van der Waals surface area contributed by atoms with Crippen molar-refractivity contribution in [3.63, 3.8) is 0 Å². The summed E-state index contributed by atoms with van der Waals surface area (Å²) < 4.78 is 6.26. The van der Waals surface area contributed by atoms with Crippen molar-refractivity contribution in [3.05, 3.63) is 57.2 Å². The minimum atomic E-state index is -0.333. The third kappa shape index (κ3) is 3.97. The average Bonchev–Trinajstić information content (AvgIpc) is 2.40. The van der Waals surface area contributed by atoms with Crippen molar-refractivity contribution >= 4 is 54.0 Å². The maximum absolute atomic E-state index is 11.1. The minimum Gasteiger partial charge on any atom is -0.426 e. The fraction of sp³-hybridized carbons (Fsp3) is 0.0625. The van der Waals surface area contributed by atoms with Crippen LogP contribution in [0.2, 0.25) is 0 Å². The third-order valence-electron chi connectivity index (χ3n) is 2.66. The summed E-state index contributed by atoms with van der Waals surface area (Å²) in [4.78, 5) is 11.1. The highest BCUT2D eigenvalue weighted by atomic mass is 127. The van der Waals surface area contributed by atoms with E-state index in [1.54, 1.807) is 6.07 Å². The normalized spacial score (nSPS) is 10.7. The topological polar surface area (TPSA) is 26.3 Å². The number of carbonyl (C=O) groups is 1. The van der Waals surface area contributed by atoms with Gasteiger partial charge in [-0.05, 0) is 46.4 Å². The van der Waals surface area contributed by atoms with Gasteiger partial charge in [0, 0.05) is 16.1 Å². The van der Waals surface area contributed by atoms with E-state index in [0.717, 1.165) is 14.7 Å². The van der Waals surface area contributed by atoms with Gasteiger partial charge in [0.25, 0.3) is 0 Å². The van der Waals surface area contributed by atoms with E-state index in [2.05, 4.69) is 22.6 Å². The largest absolute Gasteiger partial charge is 0.426 e. The van der Waals surface area contributed by atoms with Crippen LogP contribution >= 0.6 is 22.6 Å². The monoisotopic (exact) mass is 374 g/mol. The van der Waals surface area contributed by atoms with Crippen molar-refractivity contribution < 1.29 is 9.53 Å². The van der Waals surface area contributed by atoms with Crippen molar-refractivity contribution in [2.45, 2.75) is 6.92 Å². The maximum Gasteiger partial charge on any atom is 0.308 e. The molecule has 2 nitrogen and oxygen atoms in total. The van der Waals surface area contributed by atoms with E-state index in [-0.39, 0.29) is 5.97 Å². The van der Waals surface area contributed by atoms with Gasteiger partial charge in [0.1, 0.15) is 13.6 Å². The van der Waals surface area contributed by atoms with Crippen LogP contribution in [0.4, 0.5) is 0 Å². The number of esters is 1. The van der Waals surface area contributed by atoms with Crippen LogP contribution in [0.25, 0.3) is 12.2 Å². The Morgan fingerprint density at radius 2 is 1.85 bits per heavy atom. The van der Waals surface area contributed by atoms with E-state index in [1.807, 2.05) is 48.6 Å². The lowest BCUT2D eigenvalue weighted by molar-refractivity contribution is -0.131. The van der Waals surface area contributed by atoms with Crippen LogP contribution in [-0.4, -0.2) is 13.8 Å². The molecule has 4 heteroatoms. The van der Waals surface area contributed by atoms with Gasteiger partial charge in [-0.3, -0.25) is 4.79 Å². The molecule has 0 amide bonds. The van der Waals surface area contributed by atoms with E-state index in [4.69, 9.17) is 12.6 Å². The van der Waals surface area contributed by atoms with Crippen LogP contribution in [0.15, 0.2) is 42.5 Å². The zero-order chi connectivity index (χ0) is 14.5. The van der Waals surface area contributed by atoms with Gasteiger partial charge in [0.15, 0.2) is 0 Å². The third-order valence-corrected chi connectivity index (χ3v) is 3.33. The number of hydrogen-bond acceptors (Lipinski definition) is 2. The zero-order valence-electron chi connectivity index (χ0n) is 11.0. The molecule has 2 aromatic rings. The van der Waals surface area contributed by atoms with Crippen molar-refractivity contribution in [2.24, 2.45) is 0 Å². The van der Waals surface area contributed by atoms with Gasteiger partial charge in [0.05, 0.1) is 0 Å². The highest BCUT2D eigenvalue weighted by Crippen LogP contribution is 2.23. The summed E-state index contributed by atoms with van der Waals surface area (Å²) in [7, 11) is 5.90. The number of hydrogen-bond donors (Lipinski definition) is 0. The Kier molecular flexibility index (Phi) is 5.01. The molecule has 0 bridgehead atoms. The highest BCUT2D eigenvalue weighted by molar-refractivity contribution is 14.1. The first-order chi connectivity index (χ1) is 9.56. The van der Waals surface area contributed by atoms with Gasteiger partial charge in [0.2, 0.25) is 0 Å². The Balaban J connectivity index is 2.35. The Morgan fingerprint density at radius 1 is 1.15 bits per heavy atom. The molecule has 98 valence electrons. The van der Waals surface area contributed by atoms with Crippen molar-refractivity contribution in [3.8, 4) is 5.75 Å². The predicted octanol–water partition coefficient (Wildman–Crippen LogP) is 3.18. The molecule has 0 atom stereocenters. The van der Waals surface area contributed by atoms with Crippen LogP contribution in [-0.2, 0) is 4.79 Å². The molecule has 0 aliphatic rings. The second kappa shape index (κ2) is 6.75. The number of halogens is 1. The van der Waals surface area contributed by atoms with E-state index < -0.39 is 0 Å². The van der Waals surface area contributed by atoms with Crippen LogP contribution in [0, 0.1) is 3.57 Å². The van der Waals surface area contributed by atoms with Gasteiger partial charge in [-0.15, -0.1) is 0 Å². The van der Waals surface area contributed by atoms with E-state index in [9.17, 15) is 4.79 Å². The van der Waals surface area contributed by atoms with Gasteiger partial charge < -0.3 is 4.74 Å². The molecule has 0 saturated heterocycles. The van der Waals surface area contributed by atoms with Crippen LogP contribution < -0.4 is 10.2 Å². The second-order valence-electron chi connectivity index (χ2n) is 4.24. The quantitative estimate of drug-likeness (QED) is 0.271. The Hall–Kier alpha value is -1.56. The van der Waals surface area contributed by atoms with E-state index in [0.29, 0.717) is 11.2 Å². The molecule has 0 aliphatic heterocycles. The minimum absolute atomic E-state index is 0.333. The molecule has 0 fully saturated rings. The van der Waals surface area contributed by atoms with Crippen molar-refractivity contribution in [1.82, 2.24) is 0 Å². The molecule has 0 aromatic heterocycles. The lowest BCUT2D eigenvalue weighted by Gasteiger charge is -2.06. The molecule has 20 heavy (non-hydrogen) atoms. The molecule has 0 aliphatic carbocycles. The standard InChI is InChI=1S/C16H12BIO2/c1-11(19)20-16-9-8-14(18)10-13(16)7-6-12-4-2-3-5-15(12)17/h2-10H,1H3/b7-6+. The second-order valence-corrected chi connectivity index (χ2v) is 5.48.